The Morgan fingerprint density at radius 2 is 1.80 bits per heavy atom. The first-order chi connectivity index (χ1) is 9.70. The van der Waals surface area contributed by atoms with Crippen LogP contribution in [-0.2, 0) is 0 Å². The summed E-state index contributed by atoms with van der Waals surface area (Å²) in [5.41, 5.74) is 11.9. The Hall–Kier alpha value is -2.30. The lowest BCUT2D eigenvalue weighted by molar-refractivity contribution is 1.27. The van der Waals surface area contributed by atoms with Crippen molar-refractivity contribution in [2.75, 3.05) is 11.2 Å². The molecule has 0 aliphatic rings. The van der Waals surface area contributed by atoms with Crippen LogP contribution in [0.15, 0.2) is 48.5 Å². The van der Waals surface area contributed by atoms with Crippen LogP contribution in [0.2, 0.25) is 5.02 Å². The molecule has 5 heteroatoms. The monoisotopic (exact) mass is 284 g/mol. The molecule has 3 aromatic rings. The molecule has 1 aromatic heterocycles. The van der Waals surface area contributed by atoms with Crippen molar-refractivity contribution in [3.63, 3.8) is 0 Å². The Labute approximate surface area is 121 Å². The van der Waals surface area contributed by atoms with E-state index in [1.165, 1.54) is 0 Å². The fourth-order valence-corrected chi connectivity index (χ4v) is 2.45. The third-order valence-corrected chi connectivity index (χ3v) is 3.42. The van der Waals surface area contributed by atoms with E-state index in [9.17, 15) is 0 Å². The molecular formula is C15H13ClN4. The van der Waals surface area contributed by atoms with Crippen LogP contribution in [0.5, 0.6) is 0 Å². The van der Waals surface area contributed by atoms with Crippen molar-refractivity contribution in [1.82, 2.24) is 4.98 Å². The number of nitrogens with two attached hydrogens (primary N) is 2. The lowest BCUT2D eigenvalue weighted by atomic mass is 9.99. The normalized spacial score (nSPS) is 10.7. The molecule has 100 valence electrons. The number of hydrogen-bond donors (Lipinski definition) is 3. The first-order valence-corrected chi connectivity index (χ1v) is 6.49. The summed E-state index contributed by atoms with van der Waals surface area (Å²) in [5, 5.41) is 1.55. The molecular weight excluding hydrogens is 272 g/mol. The van der Waals surface area contributed by atoms with Gasteiger partial charge in [0.25, 0.3) is 0 Å². The van der Waals surface area contributed by atoms with Crippen molar-refractivity contribution in [3.8, 4) is 11.1 Å². The van der Waals surface area contributed by atoms with E-state index >= 15 is 0 Å². The number of nitrogen functional groups attached to an aromatic ring is 2. The molecule has 0 spiro atoms. The molecule has 0 saturated heterocycles. The Kier molecular flexibility index (Phi) is 3.18. The topological polar surface area (TPSA) is 77.0 Å². The summed E-state index contributed by atoms with van der Waals surface area (Å²) in [6.07, 6.45) is 0. The number of anilines is 2. The Morgan fingerprint density at radius 3 is 2.50 bits per heavy atom. The van der Waals surface area contributed by atoms with E-state index in [2.05, 4.69) is 10.4 Å². The van der Waals surface area contributed by atoms with Gasteiger partial charge in [0.15, 0.2) is 5.82 Å². The zero-order chi connectivity index (χ0) is 14.1. The molecule has 0 aliphatic carbocycles. The van der Waals surface area contributed by atoms with E-state index in [1.54, 1.807) is 6.07 Å². The summed E-state index contributed by atoms with van der Waals surface area (Å²) in [5.74, 6) is 5.96. The number of hydrazine groups is 1. The second-order valence-corrected chi connectivity index (χ2v) is 4.86. The maximum atomic E-state index is 6.19. The maximum Gasteiger partial charge on any atom is 0.164 e. The number of halogens is 1. The van der Waals surface area contributed by atoms with Gasteiger partial charge in [0.05, 0.1) is 11.2 Å². The van der Waals surface area contributed by atoms with Crippen molar-refractivity contribution in [2.24, 2.45) is 5.84 Å². The summed E-state index contributed by atoms with van der Waals surface area (Å²) in [4.78, 5) is 4.40. The molecule has 0 atom stereocenters. The first-order valence-electron chi connectivity index (χ1n) is 6.11. The smallest absolute Gasteiger partial charge is 0.164 e. The quantitative estimate of drug-likeness (QED) is 0.498. The molecule has 0 saturated carbocycles. The second kappa shape index (κ2) is 5.00. The lowest BCUT2D eigenvalue weighted by Crippen LogP contribution is -2.12. The average molecular weight is 285 g/mol. The average Bonchev–Trinajstić information content (AvgIpc) is 2.47. The molecule has 5 N–H and O–H groups in total. The van der Waals surface area contributed by atoms with Gasteiger partial charge in [0.1, 0.15) is 0 Å². The molecule has 0 amide bonds. The number of benzene rings is 2. The molecule has 0 unspecified atom stereocenters. The highest BCUT2D eigenvalue weighted by molar-refractivity contribution is 6.31. The van der Waals surface area contributed by atoms with Gasteiger partial charge in [-0.05, 0) is 23.8 Å². The highest BCUT2D eigenvalue weighted by Gasteiger charge is 2.14. The highest BCUT2D eigenvalue weighted by atomic mass is 35.5. The van der Waals surface area contributed by atoms with Crippen molar-refractivity contribution < 1.29 is 0 Å². The zero-order valence-electron chi connectivity index (χ0n) is 10.6. The molecule has 2 aromatic carbocycles. The lowest BCUT2D eigenvalue weighted by Gasteiger charge is -2.14. The summed E-state index contributed by atoms with van der Waals surface area (Å²) >= 11 is 6.10. The molecule has 3 rings (SSSR count). The SMILES string of the molecule is NNc1nc2ccc(Cl)cc2c(-c2ccccc2)c1N. The van der Waals surface area contributed by atoms with Crippen molar-refractivity contribution in [2.45, 2.75) is 0 Å². The van der Waals surface area contributed by atoms with Gasteiger partial charge in [-0.1, -0.05) is 41.9 Å². The molecule has 0 aliphatic heterocycles. The van der Waals surface area contributed by atoms with Gasteiger partial charge in [-0.25, -0.2) is 10.8 Å². The van der Waals surface area contributed by atoms with Gasteiger partial charge in [-0.2, -0.15) is 0 Å². The summed E-state index contributed by atoms with van der Waals surface area (Å²) < 4.78 is 0. The van der Waals surface area contributed by atoms with E-state index in [-0.39, 0.29) is 0 Å². The second-order valence-electron chi connectivity index (χ2n) is 4.42. The van der Waals surface area contributed by atoms with E-state index in [0.717, 1.165) is 22.0 Å². The maximum absolute atomic E-state index is 6.19. The van der Waals surface area contributed by atoms with Crippen molar-refractivity contribution >= 4 is 34.0 Å². The fraction of sp³-hybridized carbons (Fsp3) is 0. The van der Waals surface area contributed by atoms with E-state index in [0.29, 0.717) is 16.5 Å². The van der Waals surface area contributed by atoms with E-state index in [4.69, 9.17) is 23.2 Å². The van der Waals surface area contributed by atoms with Gasteiger partial charge >= 0.3 is 0 Å². The number of pyridine rings is 1. The minimum Gasteiger partial charge on any atom is -0.395 e. The summed E-state index contributed by atoms with van der Waals surface area (Å²) in [6, 6.07) is 15.4. The highest BCUT2D eigenvalue weighted by Crippen LogP contribution is 2.37. The number of nitrogens with one attached hydrogen (secondary N) is 1. The van der Waals surface area contributed by atoms with Crippen LogP contribution >= 0.6 is 11.6 Å². The van der Waals surface area contributed by atoms with Gasteiger partial charge in [-0.3, -0.25) is 0 Å². The molecule has 0 radical (unpaired) electrons. The number of hydrogen-bond acceptors (Lipinski definition) is 4. The molecule has 1 heterocycles. The number of aromatic nitrogens is 1. The van der Waals surface area contributed by atoms with Crippen LogP contribution in [0.4, 0.5) is 11.5 Å². The Bertz CT molecular complexity index is 772. The third kappa shape index (κ3) is 2.05. The van der Waals surface area contributed by atoms with Crippen LogP contribution < -0.4 is 17.0 Å². The number of fused-ring (bicyclic) bond motifs is 1. The van der Waals surface area contributed by atoms with Gasteiger partial charge in [0.2, 0.25) is 0 Å². The molecule has 4 nitrogen and oxygen atoms in total. The van der Waals surface area contributed by atoms with E-state index < -0.39 is 0 Å². The van der Waals surface area contributed by atoms with Crippen LogP contribution in [0.3, 0.4) is 0 Å². The number of nitrogens with zero attached hydrogens (tertiary/aromatic N) is 1. The standard InChI is InChI=1S/C15H13ClN4/c16-10-6-7-12-11(8-10)13(9-4-2-1-3-5-9)14(17)15(19-12)20-18/h1-8H,17-18H2,(H,19,20). The molecule has 20 heavy (non-hydrogen) atoms. The predicted octanol–water partition coefficient (Wildman–Crippen LogP) is 3.42. The largest absolute Gasteiger partial charge is 0.395 e. The van der Waals surface area contributed by atoms with E-state index in [1.807, 2.05) is 42.5 Å². The summed E-state index contributed by atoms with van der Waals surface area (Å²) in [6.45, 7) is 0. The molecule has 0 fully saturated rings. The van der Waals surface area contributed by atoms with Gasteiger partial charge in [-0.15, -0.1) is 0 Å². The van der Waals surface area contributed by atoms with Gasteiger partial charge < -0.3 is 11.2 Å². The van der Waals surface area contributed by atoms with Crippen LogP contribution in [-0.4, -0.2) is 4.98 Å². The third-order valence-electron chi connectivity index (χ3n) is 3.18. The van der Waals surface area contributed by atoms with Crippen LogP contribution in [0.25, 0.3) is 22.0 Å². The van der Waals surface area contributed by atoms with Crippen LogP contribution in [0, 0.1) is 0 Å². The van der Waals surface area contributed by atoms with Crippen molar-refractivity contribution in [1.29, 1.82) is 0 Å². The van der Waals surface area contributed by atoms with Crippen LogP contribution in [0.1, 0.15) is 0 Å². The fourth-order valence-electron chi connectivity index (χ4n) is 2.28. The Morgan fingerprint density at radius 1 is 1.05 bits per heavy atom. The minimum atomic E-state index is 0.457. The molecule has 0 bridgehead atoms. The number of rotatable bonds is 2. The zero-order valence-corrected chi connectivity index (χ0v) is 11.4. The predicted molar refractivity (Wildman–Crippen MR) is 84.4 cm³/mol. The van der Waals surface area contributed by atoms with Gasteiger partial charge in [0, 0.05) is 16.0 Å². The first kappa shape index (κ1) is 12.7. The summed E-state index contributed by atoms with van der Waals surface area (Å²) in [7, 11) is 0. The van der Waals surface area contributed by atoms with Crippen molar-refractivity contribution in [3.05, 3.63) is 53.6 Å². The minimum absolute atomic E-state index is 0.457. The Balaban J connectivity index is 2.43.